The van der Waals surface area contributed by atoms with Gasteiger partial charge in [-0.25, -0.2) is 5.01 Å². The lowest BCUT2D eigenvalue weighted by atomic mass is 9.97. The minimum Gasteiger partial charge on any atom is -0.259 e. The van der Waals surface area contributed by atoms with Gasteiger partial charge in [-0.15, -0.1) is 0 Å². The Labute approximate surface area is 133 Å². The molecule has 21 heavy (non-hydrogen) atoms. The average Bonchev–Trinajstić information content (AvgIpc) is 2.67. The van der Waals surface area contributed by atoms with Gasteiger partial charge in [0.15, 0.2) is 0 Å². The minimum atomic E-state index is -0.0940. The molecule has 0 aromatic heterocycles. The maximum Gasteiger partial charge on any atom is 0.0781 e. The molecule has 0 amide bonds. The monoisotopic (exact) mass is 320 g/mol. The summed E-state index contributed by atoms with van der Waals surface area (Å²) in [6.45, 7) is 0.579. The number of hydrogen-bond acceptors (Lipinski definition) is 4. The Morgan fingerprint density at radius 2 is 1.81 bits per heavy atom. The smallest absolute Gasteiger partial charge is 0.0781 e. The summed E-state index contributed by atoms with van der Waals surface area (Å²) in [5, 5.41) is 3.26. The first kappa shape index (κ1) is 14.5. The van der Waals surface area contributed by atoms with Crippen molar-refractivity contribution < 1.29 is 0 Å². The van der Waals surface area contributed by atoms with Crippen LogP contribution < -0.4 is 11.4 Å². The number of hydrogen-bond donors (Lipinski definition) is 2. The molecule has 1 atom stereocenters. The van der Waals surface area contributed by atoms with Gasteiger partial charge >= 0.3 is 0 Å². The van der Waals surface area contributed by atoms with Gasteiger partial charge < -0.3 is 0 Å². The molecule has 1 unspecified atom stereocenters. The van der Waals surface area contributed by atoms with Crippen LogP contribution in [0.2, 0.25) is 10.0 Å². The van der Waals surface area contributed by atoms with Gasteiger partial charge in [0.05, 0.1) is 18.3 Å². The van der Waals surface area contributed by atoms with Gasteiger partial charge in [-0.05, 0) is 35.9 Å². The fraction of sp³-hybridized carbons (Fsp3) is 0.133. The van der Waals surface area contributed by atoms with Gasteiger partial charge in [0.2, 0.25) is 0 Å². The topological polar surface area (TPSA) is 53.6 Å². The van der Waals surface area contributed by atoms with Crippen LogP contribution in [0.25, 0.3) is 0 Å². The van der Waals surface area contributed by atoms with E-state index in [-0.39, 0.29) is 6.04 Å². The molecular weight excluding hydrogens is 307 g/mol. The molecule has 3 rings (SSSR count). The molecule has 0 fully saturated rings. The molecule has 1 aliphatic rings. The molecule has 0 bridgehead atoms. The van der Waals surface area contributed by atoms with Crippen LogP contribution in [0.15, 0.2) is 47.5 Å². The quantitative estimate of drug-likeness (QED) is 0.658. The van der Waals surface area contributed by atoms with Crippen molar-refractivity contribution in [2.45, 2.75) is 6.04 Å². The molecule has 0 radical (unpaired) electrons. The van der Waals surface area contributed by atoms with Crippen molar-refractivity contribution in [3.8, 4) is 0 Å². The first-order chi connectivity index (χ1) is 10.2. The summed E-state index contributed by atoms with van der Waals surface area (Å²) in [5.41, 5.74) is 5.68. The lowest BCUT2D eigenvalue weighted by molar-refractivity contribution is 0.177. The third kappa shape index (κ3) is 2.95. The van der Waals surface area contributed by atoms with E-state index in [1.165, 1.54) is 0 Å². The Kier molecular flexibility index (Phi) is 4.24. The zero-order valence-corrected chi connectivity index (χ0v) is 12.6. The zero-order valence-electron chi connectivity index (χ0n) is 11.1. The number of fused-ring (bicyclic) bond motifs is 1. The summed E-state index contributed by atoms with van der Waals surface area (Å²) in [6.07, 6.45) is 1.82. The fourth-order valence-electron chi connectivity index (χ4n) is 2.49. The predicted molar refractivity (Wildman–Crippen MR) is 86.9 cm³/mol. The standard InChI is InChI=1S/C15H14Cl2N4/c16-11-3-1-10(2-4-11)15-13-9-12(17)5-6-14(13)19-7-8-21(15)20-18/h1-7,9,15,20H,8,18H2. The van der Waals surface area contributed by atoms with Gasteiger partial charge in [0.1, 0.15) is 0 Å². The predicted octanol–water partition coefficient (Wildman–Crippen LogP) is 3.48. The van der Waals surface area contributed by atoms with Crippen LogP contribution in [0.3, 0.4) is 0 Å². The Hall–Kier alpha value is -1.43. The number of nitrogens with one attached hydrogen (secondary N) is 1. The molecule has 2 aromatic rings. The van der Waals surface area contributed by atoms with Crippen molar-refractivity contribution in [2.75, 3.05) is 6.54 Å². The maximum atomic E-state index is 6.16. The highest BCUT2D eigenvalue weighted by atomic mass is 35.5. The summed E-state index contributed by atoms with van der Waals surface area (Å²) >= 11 is 12.1. The summed E-state index contributed by atoms with van der Waals surface area (Å²) in [7, 11) is 0. The average molecular weight is 321 g/mol. The van der Waals surface area contributed by atoms with Gasteiger partial charge in [-0.2, -0.15) is 5.53 Å². The summed E-state index contributed by atoms with van der Waals surface area (Å²) in [6, 6.07) is 13.3. The van der Waals surface area contributed by atoms with Crippen LogP contribution in [0.1, 0.15) is 17.2 Å². The van der Waals surface area contributed by atoms with Crippen LogP contribution in [0.5, 0.6) is 0 Å². The lowest BCUT2D eigenvalue weighted by Crippen LogP contribution is -2.46. The van der Waals surface area contributed by atoms with Gasteiger partial charge in [0.25, 0.3) is 0 Å². The highest BCUT2D eigenvalue weighted by Crippen LogP contribution is 2.37. The SMILES string of the molecule is NNN1CC=Nc2ccc(Cl)cc2C1c1ccc(Cl)cc1. The van der Waals surface area contributed by atoms with Crippen LogP contribution in [0, 0.1) is 0 Å². The van der Waals surface area contributed by atoms with E-state index < -0.39 is 0 Å². The molecule has 0 spiro atoms. The minimum absolute atomic E-state index is 0.0940. The van der Waals surface area contributed by atoms with Crippen molar-refractivity contribution in [1.82, 2.24) is 10.5 Å². The molecule has 1 aliphatic heterocycles. The van der Waals surface area contributed by atoms with Gasteiger partial charge in [-0.1, -0.05) is 35.3 Å². The van der Waals surface area contributed by atoms with Crippen LogP contribution in [0.4, 0.5) is 5.69 Å². The molecule has 6 heteroatoms. The third-order valence-electron chi connectivity index (χ3n) is 3.46. The van der Waals surface area contributed by atoms with E-state index in [0.717, 1.165) is 16.8 Å². The van der Waals surface area contributed by atoms with Gasteiger partial charge in [-0.3, -0.25) is 10.8 Å². The van der Waals surface area contributed by atoms with Crippen LogP contribution in [-0.4, -0.2) is 17.8 Å². The lowest BCUT2D eigenvalue weighted by Gasteiger charge is -2.29. The molecule has 2 aromatic carbocycles. The fourth-order valence-corrected chi connectivity index (χ4v) is 2.80. The van der Waals surface area contributed by atoms with Crippen molar-refractivity contribution in [3.05, 3.63) is 63.6 Å². The molecule has 0 saturated carbocycles. The molecule has 3 N–H and O–H groups in total. The van der Waals surface area contributed by atoms with Crippen LogP contribution in [-0.2, 0) is 0 Å². The van der Waals surface area contributed by atoms with Crippen molar-refractivity contribution >= 4 is 35.1 Å². The number of hydrazine groups is 2. The Balaban J connectivity index is 2.15. The molecular formula is C15H14Cl2N4. The number of nitrogens with two attached hydrogens (primary N) is 1. The molecule has 4 nitrogen and oxygen atoms in total. The van der Waals surface area contributed by atoms with E-state index in [9.17, 15) is 0 Å². The van der Waals surface area contributed by atoms with Crippen molar-refractivity contribution in [1.29, 1.82) is 0 Å². The highest BCUT2D eigenvalue weighted by molar-refractivity contribution is 6.31. The first-order valence-corrected chi connectivity index (χ1v) is 7.25. The second-order valence-electron chi connectivity index (χ2n) is 4.75. The largest absolute Gasteiger partial charge is 0.259 e. The summed E-state index contributed by atoms with van der Waals surface area (Å²) in [4.78, 5) is 4.47. The number of benzene rings is 2. The summed E-state index contributed by atoms with van der Waals surface area (Å²) in [5.74, 6) is 5.68. The molecule has 0 saturated heterocycles. The number of aliphatic imine (C=N–C) groups is 1. The Morgan fingerprint density at radius 3 is 2.52 bits per heavy atom. The second kappa shape index (κ2) is 6.13. The van der Waals surface area contributed by atoms with Crippen LogP contribution >= 0.6 is 23.2 Å². The maximum absolute atomic E-state index is 6.16. The molecule has 1 heterocycles. The Bertz CT molecular complexity index is 670. The zero-order chi connectivity index (χ0) is 14.8. The van der Waals surface area contributed by atoms with E-state index in [2.05, 4.69) is 10.5 Å². The van der Waals surface area contributed by atoms with Crippen molar-refractivity contribution in [2.24, 2.45) is 10.8 Å². The van der Waals surface area contributed by atoms with E-state index in [0.29, 0.717) is 16.6 Å². The van der Waals surface area contributed by atoms with E-state index >= 15 is 0 Å². The van der Waals surface area contributed by atoms with E-state index in [1.807, 2.05) is 53.7 Å². The highest BCUT2D eigenvalue weighted by Gasteiger charge is 2.26. The first-order valence-electron chi connectivity index (χ1n) is 6.49. The third-order valence-corrected chi connectivity index (χ3v) is 3.94. The Morgan fingerprint density at radius 1 is 1.10 bits per heavy atom. The number of nitrogens with zero attached hydrogens (tertiary/aromatic N) is 2. The number of rotatable bonds is 2. The van der Waals surface area contributed by atoms with E-state index in [1.54, 1.807) is 0 Å². The van der Waals surface area contributed by atoms with Gasteiger partial charge in [0, 0.05) is 21.8 Å². The second-order valence-corrected chi connectivity index (χ2v) is 5.62. The van der Waals surface area contributed by atoms with E-state index in [4.69, 9.17) is 29.0 Å². The summed E-state index contributed by atoms with van der Waals surface area (Å²) < 4.78 is 0. The molecule has 0 aliphatic carbocycles. The molecule has 108 valence electrons. The van der Waals surface area contributed by atoms with Crippen molar-refractivity contribution in [3.63, 3.8) is 0 Å². The normalized spacial score (nSPS) is 18.3. The number of halogens is 2.